The molecule has 1 aromatic carbocycles. The second kappa shape index (κ2) is 8.63. The second-order valence-corrected chi connectivity index (χ2v) is 8.93. The van der Waals surface area contributed by atoms with Crippen molar-refractivity contribution in [3.8, 4) is 0 Å². The highest BCUT2D eigenvalue weighted by Gasteiger charge is 2.41. The Morgan fingerprint density at radius 3 is 2.76 bits per heavy atom. The molecule has 2 atom stereocenters. The average molecular weight is 415 g/mol. The van der Waals surface area contributed by atoms with Crippen molar-refractivity contribution in [1.82, 2.24) is 9.88 Å². The molecule has 1 saturated carbocycles. The van der Waals surface area contributed by atoms with E-state index >= 15 is 0 Å². The highest BCUT2D eigenvalue weighted by molar-refractivity contribution is 8.14. The van der Waals surface area contributed by atoms with Crippen LogP contribution in [0.1, 0.15) is 43.7 Å². The van der Waals surface area contributed by atoms with Crippen molar-refractivity contribution in [3.05, 3.63) is 59.6 Å². The molecule has 0 amide bonds. The molecule has 2 fully saturated rings. The van der Waals surface area contributed by atoms with Gasteiger partial charge in [-0.05, 0) is 30.9 Å². The van der Waals surface area contributed by atoms with Gasteiger partial charge < -0.3 is 4.42 Å². The van der Waals surface area contributed by atoms with E-state index in [-0.39, 0.29) is 27.9 Å². The fraction of sp³-hybridized carbons (Fsp3) is 0.409. The van der Waals surface area contributed by atoms with Gasteiger partial charge in [-0.3, -0.25) is 14.5 Å². The standard InChI is InChI=1S/C22H23FN2O3S/c1-14(26)29-19-8-10-25(13-16(19)12-20-24-9-11-28-20)21(22(27)15-6-7-15)17-4-2-3-5-18(17)23/h2-5,9,11-12,15,19,21H,6-8,10,13H2,1H3. The van der Waals surface area contributed by atoms with Crippen LogP contribution >= 0.6 is 11.8 Å². The Kier molecular flexibility index (Phi) is 5.96. The number of Topliss-reactive ketones (excluding diaryl/α,β-unsaturated/α-hetero) is 1. The highest BCUT2D eigenvalue weighted by Crippen LogP contribution is 2.40. The van der Waals surface area contributed by atoms with Crippen LogP contribution < -0.4 is 0 Å². The monoisotopic (exact) mass is 414 g/mol. The number of ketones is 1. The molecule has 0 N–H and O–H groups in total. The summed E-state index contributed by atoms with van der Waals surface area (Å²) in [6.07, 6.45) is 7.35. The maximum absolute atomic E-state index is 14.6. The molecule has 0 bridgehead atoms. The molecule has 2 heterocycles. The summed E-state index contributed by atoms with van der Waals surface area (Å²) in [5, 5.41) is 0.0365. The highest BCUT2D eigenvalue weighted by atomic mass is 32.2. The first-order valence-corrected chi connectivity index (χ1v) is 10.7. The van der Waals surface area contributed by atoms with Gasteiger partial charge in [-0.15, -0.1) is 0 Å². The van der Waals surface area contributed by atoms with Gasteiger partial charge >= 0.3 is 0 Å². The van der Waals surface area contributed by atoms with E-state index in [2.05, 4.69) is 4.98 Å². The van der Waals surface area contributed by atoms with Crippen molar-refractivity contribution in [2.24, 2.45) is 5.92 Å². The summed E-state index contributed by atoms with van der Waals surface area (Å²) in [5.41, 5.74) is 1.39. The zero-order valence-electron chi connectivity index (χ0n) is 16.2. The minimum Gasteiger partial charge on any atom is -0.445 e. The minimum atomic E-state index is -0.611. The number of oxazole rings is 1. The van der Waals surface area contributed by atoms with E-state index in [1.807, 2.05) is 11.0 Å². The summed E-state index contributed by atoms with van der Waals surface area (Å²) >= 11 is 1.28. The van der Waals surface area contributed by atoms with Crippen LogP contribution in [0, 0.1) is 11.7 Å². The van der Waals surface area contributed by atoms with Gasteiger partial charge in [-0.2, -0.15) is 0 Å². The number of benzene rings is 1. The van der Waals surface area contributed by atoms with Crippen LogP contribution in [-0.4, -0.2) is 39.1 Å². The molecule has 0 spiro atoms. The lowest BCUT2D eigenvalue weighted by atomic mass is 9.93. The van der Waals surface area contributed by atoms with Crippen LogP contribution in [0.15, 0.2) is 46.7 Å². The van der Waals surface area contributed by atoms with Gasteiger partial charge in [0.05, 0.1) is 12.2 Å². The molecule has 2 aromatic rings. The van der Waals surface area contributed by atoms with Gasteiger partial charge in [0, 0.05) is 42.8 Å². The number of thioether (sulfide) groups is 1. The molecule has 1 saturated heterocycles. The maximum Gasteiger partial charge on any atom is 0.218 e. The van der Waals surface area contributed by atoms with Crippen molar-refractivity contribution >= 4 is 28.7 Å². The molecule has 2 unspecified atom stereocenters. The zero-order valence-corrected chi connectivity index (χ0v) is 17.0. The summed E-state index contributed by atoms with van der Waals surface area (Å²) in [5.74, 6) is 0.211. The normalized spacial score (nSPS) is 22.6. The van der Waals surface area contributed by atoms with Crippen molar-refractivity contribution in [2.45, 2.75) is 37.5 Å². The fourth-order valence-corrected chi connectivity index (χ4v) is 4.78. The van der Waals surface area contributed by atoms with Gasteiger partial charge in [-0.1, -0.05) is 30.0 Å². The third-order valence-corrected chi connectivity index (χ3v) is 6.52. The van der Waals surface area contributed by atoms with E-state index in [1.54, 1.807) is 31.3 Å². The summed E-state index contributed by atoms with van der Waals surface area (Å²) in [6.45, 7) is 2.63. The molecule has 152 valence electrons. The summed E-state index contributed by atoms with van der Waals surface area (Å²) in [4.78, 5) is 31.0. The number of aromatic nitrogens is 1. The Hall–Kier alpha value is -2.25. The van der Waals surface area contributed by atoms with E-state index in [0.29, 0.717) is 31.0 Å². The smallest absolute Gasteiger partial charge is 0.218 e. The average Bonchev–Trinajstić information content (AvgIpc) is 3.42. The molecule has 29 heavy (non-hydrogen) atoms. The predicted octanol–water partition coefficient (Wildman–Crippen LogP) is 4.27. The number of halogens is 1. The van der Waals surface area contributed by atoms with Gasteiger partial charge in [0.25, 0.3) is 0 Å². The Labute approximate surface area is 173 Å². The largest absolute Gasteiger partial charge is 0.445 e. The molecule has 4 rings (SSSR count). The Morgan fingerprint density at radius 1 is 1.31 bits per heavy atom. The molecule has 1 aliphatic carbocycles. The van der Waals surface area contributed by atoms with Gasteiger partial charge in [0.2, 0.25) is 5.89 Å². The van der Waals surface area contributed by atoms with E-state index in [4.69, 9.17) is 4.42 Å². The van der Waals surface area contributed by atoms with Crippen LogP contribution in [0.5, 0.6) is 0 Å². The Bertz CT molecular complexity index is 924. The van der Waals surface area contributed by atoms with E-state index in [1.165, 1.54) is 24.1 Å². The van der Waals surface area contributed by atoms with Crippen LogP contribution in [0.2, 0.25) is 0 Å². The maximum atomic E-state index is 14.6. The lowest BCUT2D eigenvalue weighted by Gasteiger charge is -2.38. The summed E-state index contributed by atoms with van der Waals surface area (Å²) in [7, 11) is 0. The number of hydrogen-bond donors (Lipinski definition) is 0. The first kappa shape index (κ1) is 20.0. The minimum absolute atomic E-state index is 0.00653. The Morgan fingerprint density at radius 2 is 2.10 bits per heavy atom. The second-order valence-electron chi connectivity index (χ2n) is 7.55. The van der Waals surface area contributed by atoms with Crippen molar-refractivity contribution in [3.63, 3.8) is 0 Å². The third kappa shape index (κ3) is 4.67. The SMILES string of the molecule is CC(=O)SC1CCN(C(C(=O)C2CC2)c2ccccc2F)CC1=Cc1ncco1. The van der Waals surface area contributed by atoms with Crippen molar-refractivity contribution < 1.29 is 18.4 Å². The van der Waals surface area contributed by atoms with E-state index in [9.17, 15) is 14.0 Å². The molecule has 0 radical (unpaired) electrons. The molecule has 1 aliphatic heterocycles. The quantitative estimate of drug-likeness (QED) is 0.703. The van der Waals surface area contributed by atoms with Crippen molar-refractivity contribution in [2.75, 3.05) is 13.1 Å². The molecular weight excluding hydrogens is 391 g/mol. The number of hydrogen-bond acceptors (Lipinski definition) is 6. The van der Waals surface area contributed by atoms with Crippen LogP contribution in [0.25, 0.3) is 6.08 Å². The number of rotatable bonds is 6. The molecule has 7 heteroatoms. The lowest BCUT2D eigenvalue weighted by molar-refractivity contribution is -0.126. The number of nitrogens with zero attached hydrogens (tertiary/aromatic N) is 2. The first-order chi connectivity index (χ1) is 14.0. The van der Waals surface area contributed by atoms with E-state index in [0.717, 1.165) is 18.4 Å². The summed E-state index contributed by atoms with van der Waals surface area (Å²) < 4.78 is 20.0. The number of piperidine rings is 1. The van der Waals surface area contributed by atoms with Crippen LogP contribution in [0.3, 0.4) is 0 Å². The van der Waals surface area contributed by atoms with Crippen LogP contribution in [-0.2, 0) is 9.59 Å². The predicted molar refractivity (Wildman–Crippen MR) is 110 cm³/mol. The number of carbonyl (C=O) groups is 2. The zero-order chi connectivity index (χ0) is 20.4. The third-order valence-electron chi connectivity index (χ3n) is 5.36. The van der Waals surface area contributed by atoms with Crippen LogP contribution in [0.4, 0.5) is 4.39 Å². The van der Waals surface area contributed by atoms with Crippen molar-refractivity contribution in [1.29, 1.82) is 0 Å². The molecule has 1 aromatic heterocycles. The lowest BCUT2D eigenvalue weighted by Crippen LogP contribution is -2.43. The fourth-order valence-electron chi connectivity index (χ4n) is 3.86. The molecule has 2 aliphatic rings. The topological polar surface area (TPSA) is 63.4 Å². The van der Waals surface area contributed by atoms with Gasteiger partial charge in [-0.25, -0.2) is 9.37 Å². The van der Waals surface area contributed by atoms with Gasteiger partial charge in [0.15, 0.2) is 10.9 Å². The van der Waals surface area contributed by atoms with E-state index < -0.39 is 6.04 Å². The van der Waals surface area contributed by atoms with Gasteiger partial charge in [0.1, 0.15) is 12.1 Å². The molecular formula is C22H23FN2O3S. The summed E-state index contributed by atoms with van der Waals surface area (Å²) in [6, 6.07) is 5.91. The number of carbonyl (C=O) groups excluding carboxylic acids is 2. The Balaban J connectivity index is 1.66. The number of likely N-dealkylation sites (tertiary alicyclic amines) is 1. The first-order valence-electron chi connectivity index (χ1n) is 9.82. The molecule has 5 nitrogen and oxygen atoms in total.